The number of rotatable bonds is 7. The van der Waals surface area contributed by atoms with Gasteiger partial charge in [-0.05, 0) is 18.2 Å². The molecule has 0 saturated carbocycles. The number of Topliss-reactive ketones (excluding diaryl/α,β-unsaturated/α-hetero) is 1. The number of epoxide rings is 1. The van der Waals surface area contributed by atoms with Gasteiger partial charge in [0.25, 0.3) is 5.69 Å². The molecular weight excluding hydrogens is 342 g/mol. The molecule has 26 heavy (non-hydrogen) atoms. The Balaban J connectivity index is 1.90. The van der Waals surface area contributed by atoms with Crippen LogP contribution in [0.25, 0.3) is 0 Å². The van der Waals surface area contributed by atoms with E-state index in [0.29, 0.717) is 28.4 Å². The average molecular weight is 359 g/mol. The second-order valence-corrected chi connectivity index (χ2v) is 5.57. The topological polar surface area (TPSA) is 100 Å². The molecular formula is C18H17NO7. The van der Waals surface area contributed by atoms with Crippen LogP contribution in [0.4, 0.5) is 5.69 Å². The molecule has 0 N–H and O–H groups in total. The number of nitro groups is 1. The number of ether oxygens (including phenoxy) is 4. The minimum atomic E-state index is -0.793. The standard InChI is InChI=1S/C18H17NO7/c1-23-13-8-10(9-14(24-2)17(13)25-3)15(20)18-16(26-18)11-6-4-5-7-12(11)19(21)22/h4-9,16,18H,1-3H3/t16-,18-/m1/s1. The van der Waals surface area contributed by atoms with E-state index in [1.165, 1.54) is 39.5 Å². The molecule has 2 atom stereocenters. The van der Waals surface area contributed by atoms with E-state index in [0.717, 1.165) is 0 Å². The summed E-state index contributed by atoms with van der Waals surface area (Å²) in [6.45, 7) is 0. The van der Waals surface area contributed by atoms with Gasteiger partial charge in [-0.3, -0.25) is 14.9 Å². The number of para-hydroxylation sites is 1. The third-order valence-electron chi connectivity index (χ3n) is 4.14. The molecule has 3 rings (SSSR count). The first-order valence-electron chi connectivity index (χ1n) is 7.74. The fraction of sp³-hybridized carbons (Fsp3) is 0.278. The molecule has 0 radical (unpaired) electrons. The predicted molar refractivity (Wildman–Crippen MR) is 91.1 cm³/mol. The number of benzene rings is 2. The Morgan fingerprint density at radius 3 is 2.23 bits per heavy atom. The van der Waals surface area contributed by atoms with Gasteiger partial charge >= 0.3 is 0 Å². The van der Waals surface area contributed by atoms with Crippen LogP contribution in [0.2, 0.25) is 0 Å². The van der Waals surface area contributed by atoms with Crippen LogP contribution < -0.4 is 14.2 Å². The van der Waals surface area contributed by atoms with E-state index in [1.807, 2.05) is 0 Å². The number of nitro benzene ring substituents is 1. The Labute approximate surface area is 149 Å². The summed E-state index contributed by atoms with van der Waals surface area (Å²) in [5.41, 5.74) is 0.617. The van der Waals surface area contributed by atoms with E-state index in [2.05, 4.69) is 0 Å². The minimum Gasteiger partial charge on any atom is -0.493 e. The van der Waals surface area contributed by atoms with Crippen LogP contribution in [0.1, 0.15) is 22.0 Å². The van der Waals surface area contributed by atoms with E-state index in [1.54, 1.807) is 18.2 Å². The fourth-order valence-electron chi connectivity index (χ4n) is 2.83. The molecule has 0 amide bonds. The third kappa shape index (κ3) is 3.06. The van der Waals surface area contributed by atoms with E-state index in [-0.39, 0.29) is 11.5 Å². The van der Waals surface area contributed by atoms with Crippen molar-refractivity contribution >= 4 is 11.5 Å². The van der Waals surface area contributed by atoms with Crippen molar-refractivity contribution in [3.63, 3.8) is 0 Å². The SMILES string of the molecule is COc1cc(C(=O)[C@H]2O[C@@H]2c2ccccc2[N+](=O)[O-])cc(OC)c1OC. The lowest BCUT2D eigenvalue weighted by Gasteiger charge is -2.13. The lowest BCUT2D eigenvalue weighted by Crippen LogP contribution is -2.10. The zero-order chi connectivity index (χ0) is 18.8. The van der Waals surface area contributed by atoms with E-state index in [4.69, 9.17) is 18.9 Å². The van der Waals surface area contributed by atoms with Crippen molar-refractivity contribution in [1.82, 2.24) is 0 Å². The number of carbonyl (C=O) groups excluding carboxylic acids is 1. The summed E-state index contributed by atoms with van der Waals surface area (Å²) in [6.07, 6.45) is -1.44. The second-order valence-electron chi connectivity index (χ2n) is 5.57. The molecule has 0 bridgehead atoms. The quantitative estimate of drug-likeness (QED) is 0.324. The molecule has 1 aliphatic heterocycles. The maximum Gasteiger partial charge on any atom is 0.275 e. The number of hydrogen-bond acceptors (Lipinski definition) is 7. The van der Waals surface area contributed by atoms with Gasteiger partial charge in [-0.15, -0.1) is 0 Å². The highest BCUT2D eigenvalue weighted by atomic mass is 16.6. The van der Waals surface area contributed by atoms with E-state index >= 15 is 0 Å². The molecule has 2 aromatic carbocycles. The van der Waals surface area contributed by atoms with Gasteiger partial charge in [0.15, 0.2) is 23.4 Å². The minimum absolute atomic E-state index is 0.0716. The molecule has 8 heteroatoms. The number of methoxy groups -OCH3 is 3. The van der Waals surface area contributed by atoms with Gasteiger partial charge in [0.1, 0.15) is 6.10 Å². The molecule has 8 nitrogen and oxygen atoms in total. The Hall–Kier alpha value is -3.13. The molecule has 0 aromatic heterocycles. The van der Waals surface area contributed by atoms with Gasteiger partial charge in [-0.25, -0.2) is 0 Å². The normalized spacial score (nSPS) is 18.1. The molecule has 0 spiro atoms. The van der Waals surface area contributed by atoms with Crippen LogP contribution in [0, 0.1) is 10.1 Å². The summed E-state index contributed by atoms with van der Waals surface area (Å²) in [4.78, 5) is 23.4. The first-order chi connectivity index (χ1) is 12.5. The lowest BCUT2D eigenvalue weighted by molar-refractivity contribution is -0.385. The highest BCUT2D eigenvalue weighted by Gasteiger charge is 2.49. The van der Waals surface area contributed by atoms with Gasteiger partial charge in [-0.2, -0.15) is 0 Å². The van der Waals surface area contributed by atoms with Crippen LogP contribution in [-0.2, 0) is 4.74 Å². The molecule has 0 unspecified atom stereocenters. The highest BCUT2D eigenvalue weighted by molar-refractivity contribution is 6.02. The number of nitrogens with zero attached hydrogens (tertiary/aromatic N) is 1. The van der Waals surface area contributed by atoms with Crippen molar-refractivity contribution in [3.8, 4) is 17.2 Å². The van der Waals surface area contributed by atoms with Crippen LogP contribution >= 0.6 is 0 Å². The first-order valence-corrected chi connectivity index (χ1v) is 7.74. The van der Waals surface area contributed by atoms with Gasteiger partial charge in [-0.1, -0.05) is 12.1 Å². The molecule has 1 saturated heterocycles. The summed E-state index contributed by atoms with van der Waals surface area (Å²) in [6, 6.07) is 9.28. The van der Waals surface area contributed by atoms with Crippen LogP contribution in [0.3, 0.4) is 0 Å². The number of carbonyl (C=O) groups is 1. The molecule has 0 aliphatic carbocycles. The third-order valence-corrected chi connectivity index (χ3v) is 4.14. The van der Waals surface area contributed by atoms with Gasteiger partial charge in [0.05, 0.1) is 31.8 Å². The molecule has 1 aliphatic rings. The Bertz CT molecular complexity index is 839. The Kier molecular flexibility index (Phi) is 4.77. The highest BCUT2D eigenvalue weighted by Crippen LogP contribution is 2.45. The van der Waals surface area contributed by atoms with Gasteiger partial charge < -0.3 is 18.9 Å². The summed E-state index contributed by atoms with van der Waals surface area (Å²) >= 11 is 0. The van der Waals surface area contributed by atoms with Crippen LogP contribution in [0.5, 0.6) is 17.2 Å². The first kappa shape index (κ1) is 17.7. The van der Waals surface area contributed by atoms with Gasteiger partial charge in [0.2, 0.25) is 5.75 Å². The van der Waals surface area contributed by atoms with Crippen molar-refractivity contribution in [2.75, 3.05) is 21.3 Å². The summed E-state index contributed by atoms with van der Waals surface area (Å²) in [7, 11) is 4.38. The Morgan fingerprint density at radius 2 is 1.69 bits per heavy atom. The van der Waals surface area contributed by atoms with Crippen molar-refractivity contribution in [2.45, 2.75) is 12.2 Å². The fourth-order valence-corrected chi connectivity index (χ4v) is 2.83. The zero-order valence-corrected chi connectivity index (χ0v) is 14.4. The molecule has 136 valence electrons. The zero-order valence-electron chi connectivity index (χ0n) is 14.4. The number of ketones is 1. The van der Waals surface area contributed by atoms with E-state index in [9.17, 15) is 14.9 Å². The van der Waals surface area contributed by atoms with Crippen molar-refractivity contribution in [1.29, 1.82) is 0 Å². The van der Waals surface area contributed by atoms with Crippen LogP contribution in [0.15, 0.2) is 36.4 Å². The lowest BCUT2D eigenvalue weighted by atomic mass is 10.0. The summed E-state index contributed by atoms with van der Waals surface area (Å²) < 4.78 is 21.2. The maximum absolute atomic E-state index is 12.8. The predicted octanol–water partition coefficient (Wildman–Crippen LogP) is 2.94. The summed E-state index contributed by atoms with van der Waals surface area (Å²) in [5.74, 6) is 0.752. The second kappa shape index (κ2) is 7.01. The van der Waals surface area contributed by atoms with Gasteiger partial charge in [0, 0.05) is 11.6 Å². The molecule has 1 fully saturated rings. The Morgan fingerprint density at radius 1 is 1.08 bits per heavy atom. The monoisotopic (exact) mass is 359 g/mol. The van der Waals surface area contributed by atoms with Crippen LogP contribution in [-0.4, -0.2) is 38.1 Å². The number of hydrogen-bond donors (Lipinski definition) is 0. The largest absolute Gasteiger partial charge is 0.493 e. The van der Waals surface area contributed by atoms with E-state index < -0.39 is 17.1 Å². The summed E-state index contributed by atoms with van der Waals surface area (Å²) in [5, 5.41) is 11.2. The van der Waals surface area contributed by atoms with Crippen molar-refractivity contribution in [3.05, 3.63) is 57.6 Å². The average Bonchev–Trinajstić information content (AvgIpc) is 3.46. The maximum atomic E-state index is 12.8. The smallest absolute Gasteiger partial charge is 0.275 e. The molecule has 2 aromatic rings. The van der Waals surface area contributed by atoms with Crippen molar-refractivity contribution in [2.24, 2.45) is 0 Å². The molecule has 1 heterocycles. The van der Waals surface area contributed by atoms with Crippen molar-refractivity contribution < 1.29 is 28.7 Å².